The first-order valence-corrected chi connectivity index (χ1v) is 6.66. The summed E-state index contributed by atoms with van der Waals surface area (Å²) >= 11 is 0. The molecular formula is C15H20N2O3. The number of benzene rings is 1. The number of nitrogens with one attached hydrogen (secondary N) is 2. The van der Waals surface area contributed by atoms with E-state index in [1.807, 2.05) is 31.2 Å². The number of carbonyl (C=O) groups excluding carboxylic acids is 1. The fraction of sp³-hybridized carbons (Fsp3) is 0.467. The first kappa shape index (κ1) is 14.4. The van der Waals surface area contributed by atoms with E-state index in [1.54, 1.807) is 13.8 Å². The molecule has 1 aromatic carbocycles. The molecule has 0 unspecified atom stereocenters. The van der Waals surface area contributed by atoms with Crippen molar-refractivity contribution in [2.75, 3.05) is 5.32 Å². The molecule has 0 aliphatic heterocycles. The summed E-state index contributed by atoms with van der Waals surface area (Å²) in [6.45, 7) is 5.46. The Bertz CT molecular complexity index is 531. The van der Waals surface area contributed by atoms with Crippen LogP contribution >= 0.6 is 0 Å². The van der Waals surface area contributed by atoms with Crippen molar-refractivity contribution >= 4 is 17.6 Å². The molecule has 5 nitrogen and oxygen atoms in total. The number of carboxylic acid groups (broad SMARTS) is 1. The summed E-state index contributed by atoms with van der Waals surface area (Å²) in [5, 5.41) is 14.9. The maximum absolute atomic E-state index is 12.3. The Hall–Kier alpha value is -2.04. The van der Waals surface area contributed by atoms with Crippen molar-refractivity contribution in [1.29, 1.82) is 0 Å². The summed E-state index contributed by atoms with van der Waals surface area (Å²) in [6, 6.07) is 7.70. The van der Waals surface area contributed by atoms with Crippen LogP contribution in [-0.4, -0.2) is 28.1 Å². The van der Waals surface area contributed by atoms with E-state index in [4.69, 9.17) is 5.11 Å². The molecule has 108 valence electrons. The lowest BCUT2D eigenvalue weighted by molar-refractivity contribution is -0.143. The fourth-order valence-corrected chi connectivity index (χ4v) is 1.95. The molecule has 1 aromatic rings. The highest BCUT2D eigenvalue weighted by atomic mass is 16.4. The van der Waals surface area contributed by atoms with Gasteiger partial charge in [0.05, 0.1) is 0 Å². The fourth-order valence-electron chi connectivity index (χ4n) is 1.95. The maximum atomic E-state index is 12.3. The summed E-state index contributed by atoms with van der Waals surface area (Å²) in [5.41, 5.74) is 0.0420. The average Bonchev–Trinajstić information content (AvgIpc) is 3.13. The lowest BCUT2D eigenvalue weighted by atomic mass is 10.0. The van der Waals surface area contributed by atoms with Crippen molar-refractivity contribution in [3.8, 4) is 0 Å². The van der Waals surface area contributed by atoms with E-state index in [-0.39, 0.29) is 5.91 Å². The van der Waals surface area contributed by atoms with Gasteiger partial charge in [0.25, 0.3) is 0 Å². The second-order valence-corrected chi connectivity index (χ2v) is 5.96. The normalized spacial score (nSPS) is 16.4. The zero-order chi connectivity index (χ0) is 15.0. The highest BCUT2D eigenvalue weighted by Gasteiger charge is 2.53. The van der Waals surface area contributed by atoms with Crippen LogP contribution in [0.1, 0.15) is 32.3 Å². The van der Waals surface area contributed by atoms with Crippen LogP contribution < -0.4 is 10.6 Å². The smallest absolute Gasteiger partial charge is 0.329 e. The van der Waals surface area contributed by atoms with E-state index < -0.39 is 17.0 Å². The Morgan fingerprint density at radius 3 is 2.20 bits per heavy atom. The van der Waals surface area contributed by atoms with Gasteiger partial charge in [-0.2, -0.15) is 0 Å². The molecular weight excluding hydrogens is 256 g/mol. The molecule has 0 bridgehead atoms. The number of hydrogen-bond donors (Lipinski definition) is 3. The number of amides is 1. The third-order valence-electron chi connectivity index (χ3n) is 3.59. The highest BCUT2D eigenvalue weighted by Crippen LogP contribution is 2.36. The molecule has 5 heteroatoms. The molecule has 1 aliphatic rings. The van der Waals surface area contributed by atoms with E-state index in [0.717, 1.165) is 11.3 Å². The van der Waals surface area contributed by atoms with Crippen LogP contribution in [0.2, 0.25) is 0 Å². The molecule has 0 heterocycles. The molecule has 0 saturated heterocycles. The molecule has 0 spiro atoms. The molecule has 0 atom stereocenters. The predicted octanol–water partition coefficient (Wildman–Crippen LogP) is 1.92. The summed E-state index contributed by atoms with van der Waals surface area (Å²) < 4.78 is 0. The quantitative estimate of drug-likeness (QED) is 0.767. The number of anilines is 1. The van der Waals surface area contributed by atoms with E-state index in [1.165, 1.54) is 0 Å². The van der Waals surface area contributed by atoms with E-state index >= 15 is 0 Å². The molecule has 3 N–H and O–H groups in total. The molecule has 1 amide bonds. The molecule has 0 radical (unpaired) electrons. The summed E-state index contributed by atoms with van der Waals surface area (Å²) in [7, 11) is 0. The third-order valence-corrected chi connectivity index (χ3v) is 3.59. The van der Waals surface area contributed by atoms with Crippen molar-refractivity contribution < 1.29 is 14.7 Å². The van der Waals surface area contributed by atoms with Crippen LogP contribution in [0.3, 0.4) is 0 Å². The largest absolute Gasteiger partial charge is 0.480 e. The lowest BCUT2D eigenvalue weighted by Gasteiger charge is -2.28. The van der Waals surface area contributed by atoms with Gasteiger partial charge in [-0.3, -0.25) is 4.79 Å². The first-order valence-electron chi connectivity index (χ1n) is 6.66. The number of carbonyl (C=O) groups is 2. The van der Waals surface area contributed by atoms with Crippen molar-refractivity contribution in [3.05, 3.63) is 29.8 Å². The van der Waals surface area contributed by atoms with Gasteiger partial charge < -0.3 is 15.7 Å². The molecule has 0 aromatic heterocycles. The van der Waals surface area contributed by atoms with Crippen LogP contribution in [0.15, 0.2) is 24.3 Å². The number of rotatable bonds is 5. The van der Waals surface area contributed by atoms with Crippen LogP contribution in [0.25, 0.3) is 0 Å². The lowest BCUT2D eigenvalue weighted by Crippen LogP contribution is -2.54. The van der Waals surface area contributed by atoms with Crippen molar-refractivity contribution in [1.82, 2.24) is 5.32 Å². The average molecular weight is 276 g/mol. The van der Waals surface area contributed by atoms with Gasteiger partial charge in [0.2, 0.25) is 5.91 Å². The Labute approximate surface area is 118 Å². The Morgan fingerprint density at radius 2 is 1.75 bits per heavy atom. The minimum atomic E-state index is -1.05. The second-order valence-electron chi connectivity index (χ2n) is 5.96. The van der Waals surface area contributed by atoms with Crippen LogP contribution in [0, 0.1) is 6.92 Å². The third kappa shape index (κ3) is 2.92. The maximum Gasteiger partial charge on any atom is 0.329 e. The molecule has 1 fully saturated rings. The Kier molecular flexibility index (Phi) is 3.46. The van der Waals surface area contributed by atoms with Gasteiger partial charge in [0.15, 0.2) is 0 Å². The molecule has 2 rings (SSSR count). The SMILES string of the molecule is Cc1ccc(NC(C)(C)C(=O)NC2(C(=O)O)CC2)cc1. The Balaban J connectivity index is 2.04. The van der Waals surface area contributed by atoms with E-state index in [2.05, 4.69) is 10.6 Å². The van der Waals surface area contributed by atoms with Gasteiger partial charge in [-0.05, 0) is 45.7 Å². The first-order chi connectivity index (χ1) is 9.25. The molecule has 1 saturated carbocycles. The molecule has 20 heavy (non-hydrogen) atoms. The van der Waals surface area contributed by atoms with Gasteiger partial charge in [-0.1, -0.05) is 17.7 Å². The van der Waals surface area contributed by atoms with Crippen LogP contribution in [0.5, 0.6) is 0 Å². The van der Waals surface area contributed by atoms with Gasteiger partial charge in [0.1, 0.15) is 11.1 Å². The van der Waals surface area contributed by atoms with Gasteiger partial charge >= 0.3 is 5.97 Å². The van der Waals surface area contributed by atoms with Crippen molar-refractivity contribution in [2.24, 2.45) is 0 Å². The number of carboxylic acids is 1. The standard InChI is InChI=1S/C15H20N2O3/c1-10-4-6-11(7-5-10)16-14(2,3)12(18)17-15(8-9-15)13(19)20/h4-7,16H,8-9H2,1-3H3,(H,17,18)(H,19,20). The number of hydrogen-bond acceptors (Lipinski definition) is 3. The number of aryl methyl sites for hydroxylation is 1. The highest BCUT2D eigenvalue weighted by molar-refractivity contribution is 5.95. The van der Waals surface area contributed by atoms with Gasteiger partial charge in [0, 0.05) is 5.69 Å². The number of aliphatic carboxylic acids is 1. The second kappa shape index (κ2) is 4.81. The minimum Gasteiger partial charge on any atom is -0.480 e. The van der Waals surface area contributed by atoms with Crippen LogP contribution in [0.4, 0.5) is 5.69 Å². The van der Waals surface area contributed by atoms with Gasteiger partial charge in [-0.25, -0.2) is 4.79 Å². The Morgan fingerprint density at radius 1 is 1.20 bits per heavy atom. The van der Waals surface area contributed by atoms with Gasteiger partial charge in [-0.15, -0.1) is 0 Å². The molecule has 1 aliphatic carbocycles. The predicted molar refractivity (Wildman–Crippen MR) is 76.6 cm³/mol. The summed E-state index contributed by atoms with van der Waals surface area (Å²) in [6.07, 6.45) is 0.989. The van der Waals surface area contributed by atoms with E-state index in [0.29, 0.717) is 12.8 Å². The zero-order valence-electron chi connectivity index (χ0n) is 12.0. The van der Waals surface area contributed by atoms with Crippen molar-refractivity contribution in [3.63, 3.8) is 0 Å². The van der Waals surface area contributed by atoms with E-state index in [9.17, 15) is 9.59 Å². The minimum absolute atomic E-state index is 0.307. The monoisotopic (exact) mass is 276 g/mol. The summed E-state index contributed by atoms with van der Waals surface area (Å²) in [5.74, 6) is -1.27. The zero-order valence-corrected chi connectivity index (χ0v) is 12.0. The van der Waals surface area contributed by atoms with Crippen molar-refractivity contribution in [2.45, 2.75) is 44.7 Å². The summed E-state index contributed by atoms with van der Waals surface area (Å²) in [4.78, 5) is 23.4. The topological polar surface area (TPSA) is 78.4 Å². The van der Waals surface area contributed by atoms with Crippen LogP contribution in [-0.2, 0) is 9.59 Å².